The molecule has 0 aliphatic rings. The Morgan fingerprint density at radius 2 is 1.88 bits per heavy atom. The minimum Gasteiger partial charge on any atom is -0.497 e. The van der Waals surface area contributed by atoms with Gasteiger partial charge in [-0.3, -0.25) is 4.79 Å². The molecule has 0 radical (unpaired) electrons. The highest BCUT2D eigenvalue weighted by atomic mass is 35.5. The number of benzene rings is 2. The van der Waals surface area contributed by atoms with Gasteiger partial charge in [-0.1, -0.05) is 11.6 Å². The number of hydrogen-bond donors (Lipinski definition) is 1. The summed E-state index contributed by atoms with van der Waals surface area (Å²) in [6.07, 6.45) is 0. The fourth-order valence-electron chi connectivity index (χ4n) is 2.41. The Labute approximate surface area is 155 Å². The highest BCUT2D eigenvalue weighted by molar-refractivity contribution is 7.17. The number of nitrogens with zero attached hydrogens (tertiary/aromatic N) is 1. The molecule has 1 aromatic heterocycles. The lowest BCUT2D eigenvalue weighted by molar-refractivity contribution is 0.102. The second-order valence-corrected chi connectivity index (χ2v) is 7.01. The number of hydrogen-bond acceptors (Lipinski definition) is 4. The van der Waals surface area contributed by atoms with E-state index in [0.29, 0.717) is 15.6 Å². The van der Waals surface area contributed by atoms with Crippen LogP contribution in [0.3, 0.4) is 0 Å². The Hall–Kier alpha value is -2.37. The molecule has 0 atom stereocenters. The molecule has 0 fully saturated rings. The first-order valence-electron chi connectivity index (χ1n) is 7.67. The van der Waals surface area contributed by atoms with E-state index in [4.69, 9.17) is 16.3 Å². The number of nitrogens with one attached hydrogen (secondary N) is 1. The fourth-order valence-corrected chi connectivity index (χ4v) is 3.60. The van der Waals surface area contributed by atoms with E-state index in [1.54, 1.807) is 19.2 Å². The summed E-state index contributed by atoms with van der Waals surface area (Å²) in [5, 5.41) is 4.38. The van der Waals surface area contributed by atoms with Gasteiger partial charge in [-0.15, -0.1) is 11.3 Å². The van der Waals surface area contributed by atoms with Crippen LogP contribution in [-0.2, 0) is 0 Å². The van der Waals surface area contributed by atoms with Gasteiger partial charge in [0, 0.05) is 16.3 Å². The number of carbonyl (C=O) groups excluding carboxylic acids is 1. The molecule has 2 aromatic carbocycles. The summed E-state index contributed by atoms with van der Waals surface area (Å²) in [7, 11) is 1.63. The summed E-state index contributed by atoms with van der Waals surface area (Å²) < 4.78 is 5.17. The fraction of sp³-hybridized carbons (Fsp3) is 0.158. The van der Waals surface area contributed by atoms with Crippen molar-refractivity contribution in [3.8, 4) is 16.3 Å². The summed E-state index contributed by atoms with van der Waals surface area (Å²) >= 11 is 7.33. The molecule has 0 bridgehead atoms. The summed E-state index contributed by atoms with van der Waals surface area (Å²) in [5.41, 5.74) is 3.32. The standard InChI is InChI=1S/C19H17ClN2O2S/c1-11-10-14(20)6-9-16(11)22-18(23)17-12(2)21-19(25-17)13-4-7-15(24-3)8-5-13/h4-10H,1-3H3,(H,22,23). The molecule has 0 unspecified atom stereocenters. The quantitative estimate of drug-likeness (QED) is 0.672. The van der Waals surface area contributed by atoms with E-state index in [1.165, 1.54) is 11.3 Å². The van der Waals surface area contributed by atoms with E-state index < -0.39 is 0 Å². The Kier molecular flexibility index (Phi) is 5.06. The number of aryl methyl sites for hydroxylation is 2. The van der Waals surface area contributed by atoms with Crippen molar-refractivity contribution < 1.29 is 9.53 Å². The topological polar surface area (TPSA) is 51.2 Å². The van der Waals surface area contributed by atoms with Crippen molar-refractivity contribution in [1.29, 1.82) is 0 Å². The first-order valence-corrected chi connectivity index (χ1v) is 8.86. The van der Waals surface area contributed by atoms with E-state index in [9.17, 15) is 4.79 Å². The predicted octanol–water partition coefficient (Wildman–Crippen LogP) is 5.34. The molecule has 0 aliphatic carbocycles. The molecule has 0 saturated carbocycles. The van der Waals surface area contributed by atoms with E-state index in [1.807, 2.05) is 44.2 Å². The van der Waals surface area contributed by atoms with Gasteiger partial charge in [0.05, 0.1) is 12.8 Å². The lowest BCUT2D eigenvalue weighted by atomic mass is 10.2. The third-order valence-corrected chi connectivity index (χ3v) is 5.22. The van der Waals surface area contributed by atoms with Gasteiger partial charge in [0.25, 0.3) is 5.91 Å². The van der Waals surface area contributed by atoms with E-state index >= 15 is 0 Å². The third-order valence-electron chi connectivity index (χ3n) is 3.78. The largest absolute Gasteiger partial charge is 0.497 e. The Morgan fingerprint density at radius 1 is 1.16 bits per heavy atom. The maximum atomic E-state index is 12.6. The maximum absolute atomic E-state index is 12.6. The molecule has 6 heteroatoms. The van der Waals surface area contributed by atoms with Crippen molar-refractivity contribution in [1.82, 2.24) is 4.98 Å². The van der Waals surface area contributed by atoms with Crippen LogP contribution in [0.25, 0.3) is 10.6 Å². The van der Waals surface area contributed by atoms with Crippen LogP contribution in [-0.4, -0.2) is 18.0 Å². The molecule has 1 heterocycles. The van der Waals surface area contributed by atoms with Crippen LogP contribution >= 0.6 is 22.9 Å². The highest BCUT2D eigenvalue weighted by Crippen LogP contribution is 2.30. The third kappa shape index (κ3) is 3.83. The zero-order valence-electron chi connectivity index (χ0n) is 14.1. The SMILES string of the molecule is COc1ccc(-c2nc(C)c(C(=O)Nc3ccc(Cl)cc3C)s2)cc1. The van der Waals surface area contributed by atoms with Crippen molar-refractivity contribution in [3.63, 3.8) is 0 Å². The summed E-state index contributed by atoms with van der Waals surface area (Å²) in [6.45, 7) is 3.75. The van der Waals surface area contributed by atoms with Gasteiger partial charge in [0.1, 0.15) is 15.6 Å². The van der Waals surface area contributed by atoms with Crippen LogP contribution < -0.4 is 10.1 Å². The number of ether oxygens (including phenoxy) is 1. The van der Waals surface area contributed by atoms with Crippen LogP contribution in [0.4, 0.5) is 5.69 Å². The zero-order chi connectivity index (χ0) is 18.0. The second-order valence-electron chi connectivity index (χ2n) is 5.58. The molecule has 25 heavy (non-hydrogen) atoms. The monoisotopic (exact) mass is 372 g/mol. The molecule has 3 rings (SSSR count). The van der Waals surface area contributed by atoms with E-state index in [0.717, 1.165) is 27.6 Å². The van der Waals surface area contributed by atoms with E-state index in [2.05, 4.69) is 10.3 Å². The number of anilines is 1. The minimum atomic E-state index is -0.166. The zero-order valence-corrected chi connectivity index (χ0v) is 15.7. The normalized spacial score (nSPS) is 10.6. The minimum absolute atomic E-state index is 0.166. The molecule has 1 N–H and O–H groups in total. The Balaban J connectivity index is 1.84. The smallest absolute Gasteiger partial charge is 0.267 e. The van der Waals surface area contributed by atoms with Crippen LogP contribution in [0.15, 0.2) is 42.5 Å². The maximum Gasteiger partial charge on any atom is 0.267 e. The Bertz CT molecular complexity index is 920. The van der Waals surface area contributed by atoms with Crippen LogP contribution in [0.5, 0.6) is 5.75 Å². The van der Waals surface area contributed by atoms with Gasteiger partial charge in [0.2, 0.25) is 0 Å². The second kappa shape index (κ2) is 7.25. The van der Waals surface area contributed by atoms with Gasteiger partial charge in [0.15, 0.2) is 0 Å². The number of carbonyl (C=O) groups is 1. The van der Waals surface area contributed by atoms with Crippen molar-refractivity contribution in [2.75, 3.05) is 12.4 Å². The molecule has 0 spiro atoms. The highest BCUT2D eigenvalue weighted by Gasteiger charge is 2.17. The molecular weight excluding hydrogens is 356 g/mol. The number of halogens is 1. The summed E-state index contributed by atoms with van der Waals surface area (Å²) in [4.78, 5) is 17.8. The van der Waals surface area contributed by atoms with Gasteiger partial charge >= 0.3 is 0 Å². The molecule has 4 nitrogen and oxygen atoms in total. The Morgan fingerprint density at radius 3 is 2.52 bits per heavy atom. The average molecular weight is 373 g/mol. The number of thiazole rings is 1. The molecule has 1 amide bonds. The summed E-state index contributed by atoms with van der Waals surface area (Å²) in [6, 6.07) is 13.0. The predicted molar refractivity (Wildman–Crippen MR) is 103 cm³/mol. The lowest BCUT2D eigenvalue weighted by Gasteiger charge is -2.07. The average Bonchev–Trinajstić information content (AvgIpc) is 2.99. The number of methoxy groups -OCH3 is 1. The van der Waals surface area contributed by atoms with Crippen LogP contribution in [0, 0.1) is 13.8 Å². The van der Waals surface area contributed by atoms with Crippen molar-refractivity contribution in [3.05, 3.63) is 63.6 Å². The van der Waals surface area contributed by atoms with Crippen LogP contribution in [0.1, 0.15) is 20.9 Å². The molecule has 3 aromatic rings. The first-order chi connectivity index (χ1) is 12.0. The van der Waals surface area contributed by atoms with Crippen molar-refractivity contribution in [2.24, 2.45) is 0 Å². The molecular formula is C19H17ClN2O2S. The van der Waals surface area contributed by atoms with Crippen molar-refractivity contribution >= 4 is 34.5 Å². The molecule has 128 valence electrons. The molecule has 0 saturated heterocycles. The van der Waals surface area contributed by atoms with Crippen molar-refractivity contribution in [2.45, 2.75) is 13.8 Å². The van der Waals surface area contributed by atoms with Gasteiger partial charge in [-0.25, -0.2) is 4.98 Å². The summed E-state index contributed by atoms with van der Waals surface area (Å²) in [5.74, 6) is 0.619. The first kappa shape index (κ1) is 17.5. The lowest BCUT2D eigenvalue weighted by Crippen LogP contribution is -2.12. The van der Waals surface area contributed by atoms with Gasteiger partial charge < -0.3 is 10.1 Å². The number of amides is 1. The van der Waals surface area contributed by atoms with Crippen LogP contribution in [0.2, 0.25) is 5.02 Å². The number of aromatic nitrogens is 1. The van der Waals surface area contributed by atoms with Gasteiger partial charge in [-0.05, 0) is 61.9 Å². The molecule has 0 aliphatic heterocycles. The van der Waals surface area contributed by atoms with Gasteiger partial charge in [-0.2, -0.15) is 0 Å². The number of rotatable bonds is 4. The van der Waals surface area contributed by atoms with E-state index in [-0.39, 0.29) is 5.91 Å².